The van der Waals surface area contributed by atoms with Crippen LogP contribution in [0.25, 0.3) is 0 Å². The molecule has 0 heterocycles. The van der Waals surface area contributed by atoms with Gasteiger partial charge in [-0.1, -0.05) is 46.2 Å². The Balaban J connectivity index is 4.30. The van der Waals surface area contributed by atoms with E-state index < -0.39 is 16.3 Å². The zero-order valence-corrected chi connectivity index (χ0v) is 12.0. The largest absolute Gasteiger partial charge is 0.382 e. The second-order valence-corrected chi connectivity index (χ2v) is 16.2. The average Bonchev–Trinajstić information content (AvgIpc) is 1.79. The topological polar surface area (TPSA) is 29.1 Å². The first-order valence-corrected chi connectivity index (χ1v) is 11.9. The van der Waals surface area contributed by atoms with Crippen LogP contribution in [-0.2, 0) is 4.79 Å². The van der Waals surface area contributed by atoms with Gasteiger partial charge in [0.05, 0.1) is 8.07 Å². The Hall–Kier alpha value is -0.0962. The van der Waals surface area contributed by atoms with Crippen molar-refractivity contribution in [3.63, 3.8) is 0 Å². The van der Waals surface area contributed by atoms with Gasteiger partial charge in [-0.2, -0.15) is 0 Å². The third kappa shape index (κ3) is 5.26. The fourth-order valence-corrected chi connectivity index (χ4v) is 2.83. The number of nitrogens with one attached hydrogen (secondary N) is 1. The number of carbonyl (C=O) groups excluding carboxylic acids is 1. The highest BCUT2D eigenvalue weighted by atomic mass is 28.3. The molecule has 0 aliphatic rings. The van der Waals surface area contributed by atoms with Crippen LogP contribution in [0.5, 0.6) is 0 Å². The number of rotatable bonds is 3. The van der Waals surface area contributed by atoms with Gasteiger partial charge in [0.15, 0.2) is 0 Å². The molecule has 0 rings (SSSR count). The molecule has 0 aromatic carbocycles. The fourth-order valence-electron chi connectivity index (χ4n) is 0.871. The molecule has 0 radical (unpaired) electrons. The molecule has 13 heavy (non-hydrogen) atoms. The quantitative estimate of drug-likeness (QED) is 0.724. The number of amides is 1. The summed E-state index contributed by atoms with van der Waals surface area (Å²) in [5.74, 6) is 0.262. The summed E-state index contributed by atoms with van der Waals surface area (Å²) < 4.78 is 0. The normalized spacial score (nSPS) is 15.3. The minimum absolute atomic E-state index is 0.222. The Kier molecular flexibility index (Phi) is 3.93. The molecule has 0 aromatic heterocycles. The molecule has 0 aliphatic carbocycles. The minimum Gasteiger partial charge on any atom is -0.382 e. The smallest absolute Gasteiger partial charge is 0.212 e. The van der Waals surface area contributed by atoms with E-state index >= 15 is 0 Å². The highest BCUT2D eigenvalue weighted by molar-refractivity contribution is 6.82. The standard InChI is InChI=1S/C9H23NOSi2/c1-8(12(2,3)4)9(11)10-13(5,6)7/h8H,1-7H3,(H,10,11). The molecule has 78 valence electrons. The van der Waals surface area contributed by atoms with Crippen LogP contribution >= 0.6 is 0 Å². The average molecular weight is 217 g/mol. The van der Waals surface area contributed by atoms with Gasteiger partial charge in [-0.05, 0) is 0 Å². The Morgan fingerprint density at radius 3 is 1.69 bits per heavy atom. The van der Waals surface area contributed by atoms with Gasteiger partial charge in [0.1, 0.15) is 8.24 Å². The predicted molar refractivity (Wildman–Crippen MR) is 64.3 cm³/mol. The summed E-state index contributed by atoms with van der Waals surface area (Å²) in [6.45, 7) is 15.2. The van der Waals surface area contributed by atoms with Gasteiger partial charge in [0.2, 0.25) is 5.91 Å². The van der Waals surface area contributed by atoms with Crippen molar-refractivity contribution in [3.8, 4) is 0 Å². The zero-order chi connectivity index (χ0) is 10.9. The van der Waals surface area contributed by atoms with Gasteiger partial charge in [-0.3, -0.25) is 4.79 Å². The third-order valence-electron chi connectivity index (χ3n) is 2.19. The van der Waals surface area contributed by atoms with E-state index in [0.717, 1.165) is 0 Å². The summed E-state index contributed by atoms with van der Waals surface area (Å²) in [7, 11) is -2.75. The maximum absolute atomic E-state index is 11.8. The Bertz CT molecular complexity index is 191. The van der Waals surface area contributed by atoms with Crippen molar-refractivity contribution in [2.45, 2.75) is 51.7 Å². The van der Waals surface area contributed by atoms with E-state index in [1.54, 1.807) is 0 Å². The van der Waals surface area contributed by atoms with Crippen LogP contribution in [0.3, 0.4) is 0 Å². The van der Waals surface area contributed by atoms with Crippen LogP contribution in [0.1, 0.15) is 6.92 Å². The highest BCUT2D eigenvalue weighted by Crippen LogP contribution is 2.21. The highest BCUT2D eigenvalue weighted by Gasteiger charge is 2.30. The molecule has 1 unspecified atom stereocenters. The van der Waals surface area contributed by atoms with Crippen molar-refractivity contribution in [1.82, 2.24) is 4.98 Å². The molecule has 0 saturated heterocycles. The molecule has 0 aliphatic heterocycles. The van der Waals surface area contributed by atoms with Crippen LogP contribution in [0.15, 0.2) is 0 Å². The molecule has 4 heteroatoms. The first-order chi connectivity index (χ1) is 5.54. The van der Waals surface area contributed by atoms with E-state index in [9.17, 15) is 4.79 Å². The second kappa shape index (κ2) is 3.96. The lowest BCUT2D eigenvalue weighted by Crippen LogP contribution is -2.49. The first kappa shape index (κ1) is 12.9. The number of hydrogen-bond donors (Lipinski definition) is 1. The maximum atomic E-state index is 11.8. The van der Waals surface area contributed by atoms with E-state index in [2.05, 4.69) is 51.2 Å². The molecule has 0 bridgehead atoms. The summed E-state index contributed by atoms with van der Waals surface area (Å²) in [6.07, 6.45) is 0. The molecule has 1 amide bonds. The Labute approximate surface area is 84.2 Å². The number of carbonyl (C=O) groups is 1. The van der Waals surface area contributed by atoms with Gasteiger partial charge < -0.3 is 4.98 Å². The summed E-state index contributed by atoms with van der Waals surface area (Å²) in [4.78, 5) is 14.9. The Morgan fingerprint density at radius 2 is 1.46 bits per heavy atom. The molecular formula is C9H23NOSi2. The minimum atomic E-state index is -1.44. The zero-order valence-electron chi connectivity index (χ0n) is 9.99. The number of hydrogen-bond acceptors (Lipinski definition) is 1. The van der Waals surface area contributed by atoms with E-state index in [4.69, 9.17) is 0 Å². The van der Waals surface area contributed by atoms with Gasteiger partial charge in [0.25, 0.3) is 0 Å². The SMILES string of the molecule is CC(C(=O)N[Si](C)(C)C)[Si](C)(C)C. The van der Waals surface area contributed by atoms with E-state index in [-0.39, 0.29) is 11.4 Å². The van der Waals surface area contributed by atoms with Gasteiger partial charge in [-0.25, -0.2) is 0 Å². The molecular weight excluding hydrogens is 194 g/mol. The lowest BCUT2D eigenvalue weighted by atomic mass is 10.5. The maximum Gasteiger partial charge on any atom is 0.212 e. The van der Waals surface area contributed by atoms with Crippen molar-refractivity contribution in [1.29, 1.82) is 0 Å². The van der Waals surface area contributed by atoms with Crippen LogP contribution in [0.2, 0.25) is 44.8 Å². The predicted octanol–water partition coefficient (Wildman–Crippen LogP) is 2.67. The molecule has 1 atom stereocenters. The van der Waals surface area contributed by atoms with Gasteiger partial charge >= 0.3 is 0 Å². The monoisotopic (exact) mass is 217 g/mol. The van der Waals surface area contributed by atoms with Crippen LogP contribution in [0, 0.1) is 0 Å². The fraction of sp³-hybridized carbons (Fsp3) is 0.889. The molecule has 1 N–H and O–H groups in total. The van der Waals surface area contributed by atoms with Crippen LogP contribution in [0.4, 0.5) is 0 Å². The van der Waals surface area contributed by atoms with E-state index in [0.29, 0.717) is 0 Å². The summed E-state index contributed by atoms with van der Waals surface area (Å²) >= 11 is 0. The summed E-state index contributed by atoms with van der Waals surface area (Å²) in [5.41, 5.74) is 0.222. The van der Waals surface area contributed by atoms with E-state index in [1.807, 2.05) is 0 Å². The van der Waals surface area contributed by atoms with Crippen molar-refractivity contribution in [2.24, 2.45) is 0 Å². The van der Waals surface area contributed by atoms with Crippen LogP contribution < -0.4 is 4.98 Å². The lowest BCUT2D eigenvalue weighted by molar-refractivity contribution is -0.119. The van der Waals surface area contributed by atoms with Crippen molar-refractivity contribution in [2.75, 3.05) is 0 Å². The van der Waals surface area contributed by atoms with Gasteiger partial charge in [-0.15, -0.1) is 0 Å². The molecule has 0 saturated carbocycles. The summed E-state index contributed by atoms with van der Waals surface area (Å²) in [5, 5.41) is 0. The third-order valence-corrected chi connectivity index (χ3v) is 6.05. The van der Waals surface area contributed by atoms with Gasteiger partial charge in [0, 0.05) is 5.54 Å². The summed E-state index contributed by atoms with van der Waals surface area (Å²) in [6, 6.07) is 0. The van der Waals surface area contributed by atoms with Crippen LogP contribution in [-0.4, -0.2) is 22.2 Å². The van der Waals surface area contributed by atoms with Crippen molar-refractivity contribution in [3.05, 3.63) is 0 Å². The lowest BCUT2D eigenvalue weighted by Gasteiger charge is -2.28. The van der Waals surface area contributed by atoms with Crippen molar-refractivity contribution < 1.29 is 4.79 Å². The molecule has 2 nitrogen and oxygen atoms in total. The Morgan fingerprint density at radius 1 is 1.08 bits per heavy atom. The second-order valence-electron chi connectivity index (χ2n) is 5.83. The van der Waals surface area contributed by atoms with Crippen molar-refractivity contribution >= 4 is 22.2 Å². The molecule has 0 fully saturated rings. The van der Waals surface area contributed by atoms with E-state index in [1.165, 1.54) is 0 Å². The molecule has 0 spiro atoms. The molecule has 0 aromatic rings. The first-order valence-electron chi connectivity index (χ1n) is 4.86.